The summed E-state index contributed by atoms with van der Waals surface area (Å²) in [6.07, 6.45) is 5.33. The molecule has 2 amide bonds. The number of amides is 2. The van der Waals surface area contributed by atoms with Crippen molar-refractivity contribution in [2.75, 3.05) is 5.32 Å². The summed E-state index contributed by atoms with van der Waals surface area (Å²) in [5.74, 6) is -0.144. The lowest BCUT2D eigenvalue weighted by molar-refractivity contribution is 0.162. The maximum absolute atomic E-state index is 13.1. The first-order chi connectivity index (χ1) is 12.1. The van der Waals surface area contributed by atoms with E-state index in [1.807, 2.05) is 12.1 Å². The number of carbonyl (C=O) groups is 1. The number of urea groups is 1. The predicted octanol–water partition coefficient (Wildman–Crippen LogP) is 4.90. The van der Waals surface area contributed by atoms with E-state index in [0.717, 1.165) is 31.2 Å². The molecule has 2 N–H and O–H groups in total. The number of benzene rings is 2. The van der Waals surface area contributed by atoms with Gasteiger partial charge in [0.25, 0.3) is 0 Å². The number of phenols is 1. The van der Waals surface area contributed by atoms with Crippen LogP contribution in [0.25, 0.3) is 0 Å². The fourth-order valence-electron chi connectivity index (χ4n) is 3.32. The van der Waals surface area contributed by atoms with Crippen LogP contribution in [0.15, 0.2) is 48.5 Å². The fourth-order valence-corrected chi connectivity index (χ4v) is 3.32. The molecule has 4 nitrogen and oxygen atoms in total. The summed E-state index contributed by atoms with van der Waals surface area (Å²) >= 11 is 0. The second-order valence-electron chi connectivity index (χ2n) is 6.49. The molecule has 0 saturated heterocycles. The van der Waals surface area contributed by atoms with Crippen molar-refractivity contribution in [1.82, 2.24) is 4.90 Å². The van der Waals surface area contributed by atoms with E-state index in [1.54, 1.807) is 29.2 Å². The Kier molecular flexibility index (Phi) is 5.53. The Morgan fingerprint density at radius 3 is 2.44 bits per heavy atom. The average molecular weight is 342 g/mol. The van der Waals surface area contributed by atoms with Gasteiger partial charge in [0.2, 0.25) is 0 Å². The van der Waals surface area contributed by atoms with Gasteiger partial charge in [0.15, 0.2) is 0 Å². The van der Waals surface area contributed by atoms with Crippen molar-refractivity contribution in [3.05, 3.63) is 59.9 Å². The maximum atomic E-state index is 13.1. The van der Waals surface area contributed by atoms with Crippen LogP contribution in [0, 0.1) is 5.82 Å². The maximum Gasteiger partial charge on any atom is 0.322 e. The van der Waals surface area contributed by atoms with E-state index in [1.165, 1.54) is 18.6 Å². The lowest BCUT2D eigenvalue weighted by atomic mass is 9.94. The summed E-state index contributed by atoms with van der Waals surface area (Å²) in [5, 5.41) is 12.9. The zero-order valence-electron chi connectivity index (χ0n) is 14.1. The van der Waals surface area contributed by atoms with Crippen molar-refractivity contribution in [1.29, 1.82) is 0 Å². The minimum atomic E-state index is -0.337. The summed E-state index contributed by atoms with van der Waals surface area (Å²) in [7, 11) is 0. The van der Waals surface area contributed by atoms with Gasteiger partial charge in [-0.05, 0) is 43.2 Å². The first kappa shape index (κ1) is 17.3. The molecule has 1 saturated carbocycles. The molecule has 0 unspecified atom stereocenters. The number of nitrogens with one attached hydrogen (secondary N) is 1. The molecule has 1 aliphatic rings. The Labute approximate surface area is 147 Å². The third kappa shape index (κ3) is 4.50. The molecule has 2 aromatic rings. The summed E-state index contributed by atoms with van der Waals surface area (Å²) in [6, 6.07) is 12.7. The SMILES string of the molecule is O=C(Nc1ccc(F)cc1)N(Cc1ccccc1O)C1CCCCC1. The second-order valence-corrected chi connectivity index (χ2v) is 6.49. The Balaban J connectivity index is 1.78. The summed E-state index contributed by atoms with van der Waals surface area (Å²) in [4.78, 5) is 14.6. The normalized spacial score (nSPS) is 14.9. The summed E-state index contributed by atoms with van der Waals surface area (Å²) in [5.41, 5.74) is 1.28. The Morgan fingerprint density at radius 2 is 1.76 bits per heavy atom. The van der Waals surface area contributed by atoms with Gasteiger partial charge in [-0.2, -0.15) is 0 Å². The Bertz CT molecular complexity index is 712. The molecule has 3 rings (SSSR count). The highest BCUT2D eigenvalue weighted by atomic mass is 19.1. The predicted molar refractivity (Wildman–Crippen MR) is 95.9 cm³/mol. The number of aromatic hydroxyl groups is 1. The molecule has 0 heterocycles. The van der Waals surface area contributed by atoms with Gasteiger partial charge in [0.05, 0.1) is 6.54 Å². The lowest BCUT2D eigenvalue weighted by Gasteiger charge is -2.34. The van der Waals surface area contributed by atoms with Crippen molar-refractivity contribution in [2.24, 2.45) is 0 Å². The summed E-state index contributed by atoms with van der Waals surface area (Å²) < 4.78 is 13.1. The number of para-hydroxylation sites is 1. The van der Waals surface area contributed by atoms with Crippen LogP contribution in [0.1, 0.15) is 37.7 Å². The fraction of sp³-hybridized carbons (Fsp3) is 0.350. The smallest absolute Gasteiger partial charge is 0.322 e. The Morgan fingerprint density at radius 1 is 1.08 bits per heavy atom. The molecule has 0 atom stereocenters. The van der Waals surface area contributed by atoms with Gasteiger partial charge in [-0.3, -0.25) is 0 Å². The van der Waals surface area contributed by atoms with E-state index in [0.29, 0.717) is 12.2 Å². The molecule has 0 spiro atoms. The van der Waals surface area contributed by atoms with Gasteiger partial charge in [-0.15, -0.1) is 0 Å². The molecule has 1 aliphatic carbocycles. The summed E-state index contributed by atoms with van der Waals surface area (Å²) in [6.45, 7) is 0.352. The van der Waals surface area contributed by atoms with E-state index in [-0.39, 0.29) is 23.6 Å². The van der Waals surface area contributed by atoms with E-state index in [2.05, 4.69) is 5.32 Å². The highest BCUT2D eigenvalue weighted by molar-refractivity contribution is 5.89. The monoisotopic (exact) mass is 342 g/mol. The number of hydrogen-bond acceptors (Lipinski definition) is 2. The van der Waals surface area contributed by atoms with Crippen LogP contribution in [0.2, 0.25) is 0 Å². The van der Waals surface area contributed by atoms with Crippen molar-refractivity contribution in [2.45, 2.75) is 44.7 Å². The standard InChI is InChI=1S/C20H23FN2O2/c21-16-10-12-17(13-11-16)22-20(25)23(18-7-2-1-3-8-18)14-15-6-4-5-9-19(15)24/h4-6,9-13,18,24H,1-3,7-8,14H2,(H,22,25). The number of nitrogens with zero attached hydrogens (tertiary/aromatic N) is 1. The van der Waals surface area contributed by atoms with Crippen LogP contribution in [0.3, 0.4) is 0 Å². The number of carbonyl (C=O) groups excluding carboxylic acids is 1. The minimum Gasteiger partial charge on any atom is -0.508 e. The molecule has 0 aliphatic heterocycles. The lowest BCUT2D eigenvalue weighted by Crippen LogP contribution is -2.43. The highest BCUT2D eigenvalue weighted by Gasteiger charge is 2.26. The molecule has 25 heavy (non-hydrogen) atoms. The van der Waals surface area contributed by atoms with Crippen LogP contribution >= 0.6 is 0 Å². The van der Waals surface area contributed by atoms with Crippen molar-refractivity contribution < 1.29 is 14.3 Å². The highest BCUT2D eigenvalue weighted by Crippen LogP contribution is 2.27. The third-order valence-corrected chi connectivity index (χ3v) is 4.70. The van der Waals surface area contributed by atoms with Crippen LogP contribution in [-0.4, -0.2) is 22.1 Å². The number of halogens is 1. The van der Waals surface area contributed by atoms with Crippen LogP contribution in [0.5, 0.6) is 5.75 Å². The molecule has 5 heteroatoms. The largest absolute Gasteiger partial charge is 0.508 e. The first-order valence-electron chi connectivity index (χ1n) is 8.73. The topological polar surface area (TPSA) is 52.6 Å². The van der Waals surface area contributed by atoms with Crippen LogP contribution < -0.4 is 5.32 Å². The molecule has 0 bridgehead atoms. The van der Waals surface area contributed by atoms with Crippen molar-refractivity contribution in [3.63, 3.8) is 0 Å². The average Bonchev–Trinajstić information content (AvgIpc) is 2.63. The van der Waals surface area contributed by atoms with E-state index >= 15 is 0 Å². The quantitative estimate of drug-likeness (QED) is 0.830. The van der Waals surface area contributed by atoms with Gasteiger partial charge in [0.1, 0.15) is 11.6 Å². The second kappa shape index (κ2) is 8.01. The van der Waals surface area contributed by atoms with Gasteiger partial charge < -0.3 is 15.3 Å². The molecule has 2 aromatic carbocycles. The third-order valence-electron chi connectivity index (χ3n) is 4.70. The van der Waals surface area contributed by atoms with Gasteiger partial charge in [-0.25, -0.2) is 9.18 Å². The van der Waals surface area contributed by atoms with Crippen molar-refractivity contribution >= 4 is 11.7 Å². The molecular formula is C20H23FN2O2. The van der Waals surface area contributed by atoms with E-state index in [9.17, 15) is 14.3 Å². The minimum absolute atomic E-state index is 0.147. The number of phenolic OH excluding ortho intramolecular Hbond substituents is 1. The molecule has 132 valence electrons. The van der Waals surface area contributed by atoms with Crippen LogP contribution in [-0.2, 0) is 6.54 Å². The Hall–Kier alpha value is -2.56. The molecule has 0 radical (unpaired) electrons. The van der Waals surface area contributed by atoms with E-state index in [4.69, 9.17) is 0 Å². The zero-order valence-corrected chi connectivity index (χ0v) is 14.1. The number of hydrogen-bond donors (Lipinski definition) is 2. The molecule has 0 aromatic heterocycles. The molecular weight excluding hydrogens is 319 g/mol. The van der Waals surface area contributed by atoms with Gasteiger partial charge in [0, 0.05) is 17.3 Å². The number of rotatable bonds is 4. The number of anilines is 1. The van der Waals surface area contributed by atoms with Crippen molar-refractivity contribution in [3.8, 4) is 5.75 Å². The first-order valence-corrected chi connectivity index (χ1v) is 8.73. The van der Waals surface area contributed by atoms with Gasteiger partial charge in [-0.1, -0.05) is 37.5 Å². The van der Waals surface area contributed by atoms with Crippen LogP contribution in [0.4, 0.5) is 14.9 Å². The zero-order chi connectivity index (χ0) is 17.6. The van der Waals surface area contributed by atoms with E-state index < -0.39 is 0 Å². The van der Waals surface area contributed by atoms with Gasteiger partial charge >= 0.3 is 6.03 Å². The molecule has 1 fully saturated rings.